The van der Waals surface area contributed by atoms with Crippen molar-refractivity contribution in [3.05, 3.63) is 18.3 Å². The van der Waals surface area contributed by atoms with Gasteiger partial charge in [0.2, 0.25) is 5.91 Å². The molecule has 100 valence electrons. The third-order valence-corrected chi connectivity index (χ3v) is 2.64. The molecule has 0 aromatic carbocycles. The number of nitrogens with two attached hydrogens (primary N) is 1. The smallest absolute Gasteiger partial charge is 0.239 e. The number of hydrogen-bond donors (Lipinski definition) is 2. The normalized spacial score (nSPS) is 11.2. The van der Waals surface area contributed by atoms with Crippen LogP contribution in [0.2, 0.25) is 0 Å². The topological polar surface area (TPSA) is 71.2 Å². The molecule has 0 saturated carbocycles. The molecule has 5 heteroatoms. The number of nitrogens with zero attached hydrogens (tertiary/aromatic N) is 2. The minimum atomic E-state index is -0.238. The van der Waals surface area contributed by atoms with Crippen LogP contribution in [0.5, 0.6) is 0 Å². The summed E-state index contributed by atoms with van der Waals surface area (Å²) in [4.78, 5) is 17.6. The van der Waals surface area contributed by atoms with E-state index in [1.54, 1.807) is 12.3 Å². The summed E-state index contributed by atoms with van der Waals surface area (Å²) >= 11 is 0. The standard InChI is InChI=1S/C13H22N4O/c1-5-17(13(2,3)4)10-6-7-11(15-9-10)16-12(18)8-14/h6-7,9H,5,8,14H2,1-4H3,(H,15,16,18). The number of carbonyl (C=O) groups excluding carboxylic acids is 1. The summed E-state index contributed by atoms with van der Waals surface area (Å²) in [7, 11) is 0. The predicted molar refractivity (Wildman–Crippen MR) is 74.7 cm³/mol. The maximum absolute atomic E-state index is 11.1. The van der Waals surface area contributed by atoms with Gasteiger partial charge in [-0.15, -0.1) is 0 Å². The molecule has 0 unspecified atom stereocenters. The van der Waals surface area contributed by atoms with Crippen molar-refractivity contribution in [2.75, 3.05) is 23.3 Å². The number of carbonyl (C=O) groups is 1. The van der Waals surface area contributed by atoms with E-state index in [0.717, 1.165) is 12.2 Å². The van der Waals surface area contributed by atoms with Crippen LogP contribution in [0.15, 0.2) is 18.3 Å². The van der Waals surface area contributed by atoms with Crippen molar-refractivity contribution in [2.24, 2.45) is 5.73 Å². The van der Waals surface area contributed by atoms with Crippen LogP contribution in [0.3, 0.4) is 0 Å². The zero-order valence-corrected chi connectivity index (χ0v) is 11.5. The maximum atomic E-state index is 11.1. The molecule has 0 bridgehead atoms. The second kappa shape index (κ2) is 5.82. The Balaban J connectivity index is 2.84. The predicted octanol–water partition coefficient (Wildman–Crippen LogP) is 1.60. The number of amides is 1. The first kappa shape index (κ1) is 14.4. The van der Waals surface area contributed by atoms with Gasteiger partial charge in [-0.05, 0) is 39.8 Å². The lowest BCUT2D eigenvalue weighted by Gasteiger charge is -2.36. The van der Waals surface area contributed by atoms with Crippen molar-refractivity contribution in [3.8, 4) is 0 Å². The van der Waals surface area contributed by atoms with Gasteiger partial charge in [0, 0.05) is 12.1 Å². The average Bonchev–Trinajstić information content (AvgIpc) is 2.30. The summed E-state index contributed by atoms with van der Waals surface area (Å²) in [6.07, 6.45) is 1.76. The highest BCUT2D eigenvalue weighted by Crippen LogP contribution is 2.23. The van der Waals surface area contributed by atoms with Gasteiger partial charge in [-0.1, -0.05) is 0 Å². The molecule has 1 heterocycles. The minimum absolute atomic E-state index is 0.0352. The molecule has 0 aliphatic heterocycles. The molecule has 0 saturated heterocycles. The molecule has 5 nitrogen and oxygen atoms in total. The highest BCUT2D eigenvalue weighted by atomic mass is 16.1. The van der Waals surface area contributed by atoms with E-state index >= 15 is 0 Å². The summed E-state index contributed by atoms with van der Waals surface area (Å²) in [6, 6.07) is 3.74. The second-order valence-corrected chi connectivity index (χ2v) is 5.07. The lowest BCUT2D eigenvalue weighted by Crippen LogP contribution is -2.41. The van der Waals surface area contributed by atoms with Crippen molar-refractivity contribution in [2.45, 2.75) is 33.2 Å². The molecule has 1 aromatic heterocycles. The Hall–Kier alpha value is -1.62. The molecular weight excluding hydrogens is 228 g/mol. The summed E-state index contributed by atoms with van der Waals surface area (Å²) in [5, 5.41) is 2.62. The summed E-state index contributed by atoms with van der Waals surface area (Å²) in [6.45, 7) is 9.43. The fourth-order valence-corrected chi connectivity index (χ4v) is 1.86. The largest absolute Gasteiger partial charge is 0.366 e. The van der Waals surface area contributed by atoms with Crippen molar-refractivity contribution in [1.29, 1.82) is 0 Å². The number of aromatic nitrogens is 1. The van der Waals surface area contributed by atoms with Crippen LogP contribution in [0.4, 0.5) is 11.5 Å². The molecule has 0 aliphatic carbocycles. The summed E-state index contributed by atoms with van der Waals surface area (Å²) in [5.74, 6) is 0.289. The molecule has 3 N–H and O–H groups in total. The quantitative estimate of drug-likeness (QED) is 0.851. The monoisotopic (exact) mass is 250 g/mol. The Morgan fingerprint density at radius 3 is 2.50 bits per heavy atom. The highest BCUT2D eigenvalue weighted by molar-refractivity contribution is 5.91. The SMILES string of the molecule is CCN(c1ccc(NC(=O)CN)nc1)C(C)(C)C. The molecule has 0 radical (unpaired) electrons. The van der Waals surface area contributed by atoms with E-state index in [9.17, 15) is 4.79 Å². The minimum Gasteiger partial charge on any atom is -0.366 e. The zero-order chi connectivity index (χ0) is 13.8. The van der Waals surface area contributed by atoms with Crippen molar-refractivity contribution >= 4 is 17.4 Å². The number of pyridine rings is 1. The lowest BCUT2D eigenvalue weighted by atomic mass is 10.1. The van der Waals surface area contributed by atoms with Gasteiger partial charge in [-0.3, -0.25) is 4.79 Å². The molecule has 0 fully saturated rings. The van der Waals surface area contributed by atoms with E-state index in [2.05, 4.69) is 42.9 Å². The van der Waals surface area contributed by atoms with Gasteiger partial charge in [0.15, 0.2) is 0 Å². The van der Waals surface area contributed by atoms with E-state index in [4.69, 9.17) is 5.73 Å². The highest BCUT2D eigenvalue weighted by Gasteiger charge is 2.20. The third kappa shape index (κ3) is 3.70. The van der Waals surface area contributed by atoms with Crippen LogP contribution >= 0.6 is 0 Å². The number of nitrogens with one attached hydrogen (secondary N) is 1. The van der Waals surface area contributed by atoms with Crippen LogP contribution in [-0.4, -0.2) is 29.5 Å². The molecule has 1 rings (SSSR count). The Labute approximate surface area is 108 Å². The molecule has 0 atom stereocenters. The first-order valence-corrected chi connectivity index (χ1v) is 6.12. The fraction of sp³-hybridized carbons (Fsp3) is 0.538. The van der Waals surface area contributed by atoms with Crippen LogP contribution in [-0.2, 0) is 4.79 Å². The van der Waals surface area contributed by atoms with Gasteiger partial charge < -0.3 is 16.0 Å². The molecule has 1 aromatic rings. The number of anilines is 2. The van der Waals surface area contributed by atoms with Crippen LogP contribution in [0.1, 0.15) is 27.7 Å². The lowest BCUT2D eigenvalue weighted by molar-refractivity contribution is -0.114. The Bertz CT molecular complexity index is 394. The van der Waals surface area contributed by atoms with Crippen molar-refractivity contribution in [1.82, 2.24) is 4.98 Å². The van der Waals surface area contributed by atoms with E-state index < -0.39 is 0 Å². The molecule has 18 heavy (non-hydrogen) atoms. The van der Waals surface area contributed by atoms with Gasteiger partial charge in [-0.25, -0.2) is 4.98 Å². The van der Waals surface area contributed by atoms with E-state index in [0.29, 0.717) is 5.82 Å². The first-order chi connectivity index (χ1) is 8.38. The fourth-order valence-electron chi connectivity index (χ4n) is 1.86. The molecule has 0 aliphatic rings. The number of hydrogen-bond acceptors (Lipinski definition) is 4. The van der Waals surface area contributed by atoms with Gasteiger partial charge in [-0.2, -0.15) is 0 Å². The van der Waals surface area contributed by atoms with E-state index in [1.165, 1.54) is 0 Å². The number of rotatable bonds is 4. The average molecular weight is 250 g/mol. The first-order valence-electron chi connectivity index (χ1n) is 6.12. The Kier molecular flexibility index (Phi) is 4.67. The second-order valence-electron chi connectivity index (χ2n) is 5.07. The zero-order valence-electron chi connectivity index (χ0n) is 11.5. The van der Waals surface area contributed by atoms with E-state index in [-0.39, 0.29) is 18.0 Å². The molecule has 0 spiro atoms. The third-order valence-electron chi connectivity index (χ3n) is 2.64. The van der Waals surface area contributed by atoms with Crippen molar-refractivity contribution < 1.29 is 4.79 Å². The summed E-state index contributed by atoms with van der Waals surface area (Å²) < 4.78 is 0. The van der Waals surface area contributed by atoms with E-state index in [1.807, 2.05) is 6.07 Å². The van der Waals surface area contributed by atoms with Gasteiger partial charge >= 0.3 is 0 Å². The Morgan fingerprint density at radius 1 is 1.44 bits per heavy atom. The molecule has 1 amide bonds. The summed E-state index contributed by atoms with van der Waals surface area (Å²) in [5.41, 5.74) is 6.31. The van der Waals surface area contributed by atoms with Crippen LogP contribution in [0.25, 0.3) is 0 Å². The maximum Gasteiger partial charge on any atom is 0.239 e. The van der Waals surface area contributed by atoms with Gasteiger partial charge in [0.25, 0.3) is 0 Å². The molecular formula is C13H22N4O. The van der Waals surface area contributed by atoms with Gasteiger partial charge in [0.1, 0.15) is 5.82 Å². The van der Waals surface area contributed by atoms with Crippen LogP contribution in [0, 0.1) is 0 Å². The van der Waals surface area contributed by atoms with Crippen molar-refractivity contribution in [3.63, 3.8) is 0 Å². The van der Waals surface area contributed by atoms with Crippen LogP contribution < -0.4 is 16.0 Å². The van der Waals surface area contributed by atoms with Gasteiger partial charge in [0.05, 0.1) is 18.4 Å². The Morgan fingerprint density at radius 2 is 2.11 bits per heavy atom.